The maximum Gasteiger partial charge on any atom is 0.412 e. The van der Waals surface area contributed by atoms with Crippen molar-refractivity contribution in [3.8, 4) is 0 Å². The minimum absolute atomic E-state index is 0.158. The van der Waals surface area contributed by atoms with Gasteiger partial charge in [-0.05, 0) is 45.4 Å². The summed E-state index contributed by atoms with van der Waals surface area (Å²) in [4.78, 5) is 25.0. The van der Waals surface area contributed by atoms with Crippen molar-refractivity contribution < 1.29 is 13.9 Å². The van der Waals surface area contributed by atoms with Crippen molar-refractivity contribution in [3.63, 3.8) is 0 Å². The minimum atomic E-state index is -0.629. The van der Waals surface area contributed by atoms with E-state index in [4.69, 9.17) is 4.74 Å². The number of carbonyl (C=O) groups is 1. The lowest BCUT2D eigenvalue weighted by Crippen LogP contribution is -2.27. The molecule has 31 heavy (non-hydrogen) atoms. The highest BCUT2D eigenvalue weighted by molar-refractivity contribution is 5.86. The van der Waals surface area contributed by atoms with Crippen molar-refractivity contribution in [2.45, 2.75) is 39.3 Å². The Labute approximate surface area is 180 Å². The third-order valence-corrected chi connectivity index (χ3v) is 4.02. The molecule has 0 radical (unpaired) electrons. The molecule has 0 aliphatic carbocycles. The van der Waals surface area contributed by atoms with Crippen LogP contribution in [-0.4, -0.2) is 26.6 Å². The van der Waals surface area contributed by atoms with Gasteiger partial charge in [-0.15, -0.1) is 0 Å². The molecule has 3 aromatic rings. The first-order chi connectivity index (χ1) is 14.7. The highest BCUT2D eigenvalue weighted by Gasteiger charge is 2.17. The predicted molar refractivity (Wildman–Crippen MR) is 118 cm³/mol. The van der Waals surface area contributed by atoms with Crippen LogP contribution in [0, 0.1) is 5.82 Å². The highest BCUT2D eigenvalue weighted by atomic mass is 19.1. The Balaban J connectivity index is 1.84. The van der Waals surface area contributed by atoms with E-state index in [0.717, 1.165) is 5.56 Å². The second-order valence-corrected chi connectivity index (χ2v) is 7.89. The molecular weight excluding hydrogens is 399 g/mol. The Morgan fingerprint density at radius 3 is 2.42 bits per heavy atom. The van der Waals surface area contributed by atoms with Crippen LogP contribution in [-0.2, 0) is 4.74 Å². The van der Waals surface area contributed by atoms with E-state index in [1.54, 1.807) is 63.6 Å². The van der Waals surface area contributed by atoms with E-state index in [1.165, 1.54) is 12.1 Å². The van der Waals surface area contributed by atoms with Crippen LogP contribution in [0.15, 0.2) is 55.0 Å². The maximum absolute atomic E-state index is 13.2. The number of hydrogen-bond donors (Lipinski definition) is 3. The molecule has 0 spiro atoms. The number of benzene rings is 1. The van der Waals surface area contributed by atoms with Crippen LogP contribution in [0.3, 0.4) is 0 Å². The summed E-state index contributed by atoms with van der Waals surface area (Å²) in [7, 11) is 0. The lowest BCUT2D eigenvalue weighted by atomic mass is 10.1. The molecule has 0 aliphatic rings. The first-order valence-electron chi connectivity index (χ1n) is 9.75. The standard InChI is InChI=1S/C22H25FN6O2/c1-14(15-5-7-16(23)8-6-15)26-18-11-17(27-21(30)31-22(2,3)4)12-19(28-18)29-20-13-24-9-10-25-20/h5-14H,1-4H3,(H3,25,26,27,28,29,30)/t14-/m0/s1. The van der Waals surface area contributed by atoms with Gasteiger partial charge in [0.25, 0.3) is 0 Å². The fourth-order valence-corrected chi connectivity index (χ4v) is 2.71. The molecule has 0 fully saturated rings. The van der Waals surface area contributed by atoms with Gasteiger partial charge in [0.15, 0.2) is 0 Å². The molecule has 2 heterocycles. The molecule has 0 unspecified atom stereocenters. The van der Waals surface area contributed by atoms with Crippen LogP contribution in [0.1, 0.15) is 39.3 Å². The Bertz CT molecular complexity index is 1020. The summed E-state index contributed by atoms with van der Waals surface area (Å²) < 4.78 is 18.6. The number of carbonyl (C=O) groups excluding carboxylic acids is 1. The Hall–Kier alpha value is -3.75. The van der Waals surface area contributed by atoms with Gasteiger partial charge in [0.2, 0.25) is 0 Å². The lowest BCUT2D eigenvalue weighted by Gasteiger charge is -2.20. The van der Waals surface area contributed by atoms with Crippen molar-refractivity contribution in [2.75, 3.05) is 16.0 Å². The SMILES string of the molecule is C[C@H](Nc1cc(NC(=O)OC(C)(C)C)cc(Nc2cnccn2)n1)c1ccc(F)cc1. The zero-order valence-electron chi connectivity index (χ0n) is 17.8. The second kappa shape index (κ2) is 9.38. The third kappa shape index (κ3) is 6.91. The van der Waals surface area contributed by atoms with Crippen LogP contribution in [0.4, 0.5) is 32.3 Å². The van der Waals surface area contributed by atoms with E-state index in [-0.39, 0.29) is 11.9 Å². The Morgan fingerprint density at radius 1 is 1.06 bits per heavy atom. The molecule has 0 saturated carbocycles. The van der Waals surface area contributed by atoms with E-state index < -0.39 is 11.7 Å². The summed E-state index contributed by atoms with van der Waals surface area (Å²) in [6.45, 7) is 7.30. The number of rotatable bonds is 6. The number of nitrogens with one attached hydrogen (secondary N) is 3. The topological polar surface area (TPSA) is 101 Å². The summed E-state index contributed by atoms with van der Waals surface area (Å²) in [5, 5.41) is 9.04. The van der Waals surface area contributed by atoms with Gasteiger partial charge in [0, 0.05) is 30.6 Å². The molecule has 0 aliphatic heterocycles. The van der Waals surface area contributed by atoms with Gasteiger partial charge in [-0.3, -0.25) is 10.3 Å². The van der Waals surface area contributed by atoms with E-state index in [2.05, 4.69) is 30.9 Å². The van der Waals surface area contributed by atoms with E-state index >= 15 is 0 Å². The largest absolute Gasteiger partial charge is 0.444 e. The summed E-state index contributed by atoms with van der Waals surface area (Å²) in [5.41, 5.74) is 0.734. The highest BCUT2D eigenvalue weighted by Crippen LogP contribution is 2.25. The maximum atomic E-state index is 13.2. The van der Waals surface area contributed by atoms with Crippen LogP contribution < -0.4 is 16.0 Å². The monoisotopic (exact) mass is 424 g/mol. The summed E-state index contributed by atoms with van der Waals surface area (Å²) in [6, 6.07) is 9.40. The van der Waals surface area contributed by atoms with Gasteiger partial charge in [-0.2, -0.15) is 0 Å². The molecule has 162 valence electrons. The van der Waals surface area contributed by atoms with Crippen LogP contribution in [0.5, 0.6) is 0 Å². The summed E-state index contributed by atoms with van der Waals surface area (Å²) in [5.74, 6) is 1.15. The summed E-state index contributed by atoms with van der Waals surface area (Å²) in [6.07, 6.45) is 4.10. The van der Waals surface area contributed by atoms with Crippen molar-refractivity contribution in [3.05, 3.63) is 66.4 Å². The van der Waals surface area contributed by atoms with Crippen LogP contribution in [0.25, 0.3) is 0 Å². The molecule has 3 rings (SSSR count). The molecule has 8 nitrogen and oxygen atoms in total. The van der Waals surface area contributed by atoms with Crippen LogP contribution in [0.2, 0.25) is 0 Å². The molecule has 0 bridgehead atoms. The molecule has 1 aromatic carbocycles. The normalized spacial score (nSPS) is 12.0. The minimum Gasteiger partial charge on any atom is -0.444 e. The van der Waals surface area contributed by atoms with E-state index in [0.29, 0.717) is 23.1 Å². The zero-order chi connectivity index (χ0) is 22.4. The quantitative estimate of drug-likeness (QED) is 0.495. The van der Waals surface area contributed by atoms with Gasteiger partial charge in [0.1, 0.15) is 28.9 Å². The van der Waals surface area contributed by atoms with E-state index in [9.17, 15) is 9.18 Å². The molecule has 0 saturated heterocycles. The lowest BCUT2D eigenvalue weighted by molar-refractivity contribution is 0.0636. The molecule has 1 atom stereocenters. The number of anilines is 4. The number of hydrogen-bond acceptors (Lipinski definition) is 7. The predicted octanol–water partition coefficient (Wildman–Crippen LogP) is 5.27. The van der Waals surface area contributed by atoms with Crippen LogP contribution >= 0.6 is 0 Å². The van der Waals surface area contributed by atoms with Crippen molar-refractivity contribution in [1.82, 2.24) is 15.0 Å². The Morgan fingerprint density at radius 2 is 1.77 bits per heavy atom. The third-order valence-electron chi connectivity index (χ3n) is 4.02. The smallest absolute Gasteiger partial charge is 0.412 e. The van der Waals surface area contributed by atoms with Gasteiger partial charge >= 0.3 is 6.09 Å². The van der Waals surface area contributed by atoms with Crippen molar-refractivity contribution in [1.29, 1.82) is 0 Å². The number of pyridine rings is 1. The van der Waals surface area contributed by atoms with Gasteiger partial charge < -0.3 is 15.4 Å². The molecular formula is C22H25FN6O2. The molecule has 1 amide bonds. The average molecular weight is 424 g/mol. The van der Waals surface area contributed by atoms with Gasteiger partial charge in [-0.1, -0.05) is 12.1 Å². The fraction of sp³-hybridized carbons (Fsp3) is 0.273. The van der Waals surface area contributed by atoms with Crippen molar-refractivity contribution >= 4 is 29.2 Å². The number of aromatic nitrogens is 3. The molecule has 2 aromatic heterocycles. The van der Waals surface area contributed by atoms with Gasteiger partial charge in [0.05, 0.1) is 11.9 Å². The number of nitrogens with zero attached hydrogens (tertiary/aromatic N) is 3. The summed E-state index contributed by atoms with van der Waals surface area (Å²) >= 11 is 0. The van der Waals surface area contributed by atoms with Gasteiger partial charge in [-0.25, -0.2) is 19.2 Å². The fourth-order valence-electron chi connectivity index (χ4n) is 2.71. The number of ether oxygens (including phenoxy) is 1. The Kier molecular flexibility index (Phi) is 6.64. The second-order valence-electron chi connectivity index (χ2n) is 7.89. The van der Waals surface area contributed by atoms with E-state index in [1.807, 2.05) is 6.92 Å². The van der Waals surface area contributed by atoms with Crippen molar-refractivity contribution in [2.24, 2.45) is 0 Å². The first-order valence-corrected chi connectivity index (χ1v) is 9.75. The zero-order valence-corrected chi connectivity index (χ0v) is 17.8. The molecule has 9 heteroatoms. The molecule has 3 N–H and O–H groups in total. The number of halogens is 1. The first kappa shape index (κ1) is 21.9. The average Bonchev–Trinajstić information content (AvgIpc) is 2.67. The number of amides is 1.